The van der Waals surface area contributed by atoms with Crippen molar-refractivity contribution in [3.8, 4) is 0 Å². The van der Waals surface area contributed by atoms with E-state index < -0.39 is 0 Å². The van der Waals surface area contributed by atoms with Crippen molar-refractivity contribution in [3.63, 3.8) is 0 Å². The molecule has 2 atom stereocenters. The third kappa shape index (κ3) is 1.33. The molecule has 1 aromatic heterocycles. The zero-order valence-electron chi connectivity index (χ0n) is 5.95. The zero-order valence-corrected chi connectivity index (χ0v) is 9.29. The van der Waals surface area contributed by atoms with E-state index in [9.17, 15) is 0 Å². The summed E-state index contributed by atoms with van der Waals surface area (Å²) < 4.78 is 1.82. The summed E-state index contributed by atoms with van der Waals surface area (Å²) in [5.74, 6) is 2.79. The predicted octanol–water partition coefficient (Wildman–Crippen LogP) is 2.32. The second kappa shape index (κ2) is 2.59. The summed E-state index contributed by atoms with van der Waals surface area (Å²) in [7, 11) is 0. The van der Waals surface area contributed by atoms with Crippen LogP contribution in [0.25, 0.3) is 0 Å². The van der Waals surface area contributed by atoms with Crippen LogP contribution in [0, 0.1) is 0 Å². The molecule has 2 fully saturated rings. The van der Waals surface area contributed by atoms with E-state index in [1.54, 1.807) is 5.56 Å². The Morgan fingerprint density at radius 1 is 1.27 bits per heavy atom. The Labute approximate surface area is 80.9 Å². The Kier molecular flexibility index (Phi) is 1.68. The first-order valence-electron chi connectivity index (χ1n) is 3.75. The molecule has 2 aliphatic rings. The summed E-state index contributed by atoms with van der Waals surface area (Å²) in [5.41, 5.74) is 1.71. The van der Waals surface area contributed by atoms with Gasteiger partial charge in [0.15, 0.2) is 0 Å². The summed E-state index contributed by atoms with van der Waals surface area (Å²) in [6, 6.07) is 2.39. The summed E-state index contributed by atoms with van der Waals surface area (Å²) in [4.78, 5) is 2.40. The molecule has 3 heteroatoms. The Balaban J connectivity index is 1.98. The van der Waals surface area contributed by atoms with Gasteiger partial charge in [0.05, 0.1) is 0 Å². The molecule has 11 heavy (non-hydrogen) atoms. The molecule has 3 heterocycles. The Bertz CT molecular complexity index is 247. The minimum atomic E-state index is 0.729. The third-order valence-electron chi connectivity index (χ3n) is 2.03. The van der Waals surface area contributed by atoms with Gasteiger partial charge in [-0.1, -0.05) is 0 Å². The van der Waals surface area contributed by atoms with Crippen molar-refractivity contribution in [1.82, 2.24) is 0 Å². The monoisotopic (exact) mass is 248 g/mol. The van der Waals surface area contributed by atoms with E-state index in [2.05, 4.69) is 34.5 Å². The molecule has 0 bridgehead atoms. The molecule has 0 nitrogen and oxygen atoms in total. The first kappa shape index (κ1) is 7.14. The van der Waals surface area contributed by atoms with Crippen molar-refractivity contribution in [1.29, 1.82) is 0 Å². The van der Waals surface area contributed by atoms with E-state index in [0.717, 1.165) is 25.0 Å². The van der Waals surface area contributed by atoms with Crippen molar-refractivity contribution in [2.24, 2.45) is 0 Å². The van der Waals surface area contributed by atoms with E-state index in [1.807, 2.05) is 4.44 Å². The molecule has 58 valence electrons. The summed E-state index contributed by atoms with van der Waals surface area (Å²) in [5, 5.41) is 1.85. The van der Waals surface area contributed by atoms with Crippen molar-refractivity contribution in [2.45, 2.75) is 10.5 Å². The van der Waals surface area contributed by atoms with Gasteiger partial charge in [0.2, 0.25) is 0 Å². The molecule has 0 radical (unpaired) electrons. The predicted molar refractivity (Wildman–Crippen MR) is 53.8 cm³/mol. The molecular weight excluding hydrogens is 239 g/mol. The fraction of sp³-hybridized carbons (Fsp3) is 0.500. The molecule has 0 saturated carbocycles. The second-order valence-electron chi connectivity index (χ2n) is 2.88. The number of hydrogen-bond acceptors (Lipinski definition) is 2. The van der Waals surface area contributed by atoms with Gasteiger partial charge in [0, 0.05) is 0 Å². The van der Waals surface area contributed by atoms with Crippen LogP contribution < -0.4 is 0 Å². The standard InChI is InChI=1S/C8H8S2Se/c1-2-11-8(7-4-10-7)5(1)6-3-9-6/h1-2,6-7H,3-4H2. The molecule has 0 aromatic carbocycles. The fourth-order valence-electron chi connectivity index (χ4n) is 1.29. The van der Waals surface area contributed by atoms with Gasteiger partial charge in [-0.3, -0.25) is 0 Å². The first-order chi connectivity index (χ1) is 5.45. The molecule has 0 spiro atoms. The quantitative estimate of drug-likeness (QED) is 0.581. The normalized spacial score (nSPS) is 33.8. The maximum absolute atomic E-state index is 2.40. The maximum atomic E-state index is 2.40. The number of thioether (sulfide) groups is 2. The average Bonchev–Trinajstić information content (AvgIpc) is 2.91. The summed E-state index contributed by atoms with van der Waals surface area (Å²) in [6.07, 6.45) is 0. The molecule has 0 amide bonds. The molecule has 2 unspecified atom stereocenters. The van der Waals surface area contributed by atoms with E-state index in [1.165, 1.54) is 11.5 Å². The average molecular weight is 247 g/mol. The minimum absolute atomic E-state index is 0.729. The van der Waals surface area contributed by atoms with Crippen molar-refractivity contribution < 1.29 is 0 Å². The van der Waals surface area contributed by atoms with Crippen LogP contribution in [-0.2, 0) is 0 Å². The van der Waals surface area contributed by atoms with Crippen LogP contribution in [-0.4, -0.2) is 26.0 Å². The van der Waals surface area contributed by atoms with Crippen molar-refractivity contribution >= 4 is 38.0 Å². The molecule has 2 saturated heterocycles. The van der Waals surface area contributed by atoms with Crippen LogP contribution in [0.15, 0.2) is 11.0 Å². The number of rotatable bonds is 2. The van der Waals surface area contributed by atoms with Crippen LogP contribution in [0.4, 0.5) is 0 Å². The molecule has 1 aromatic rings. The van der Waals surface area contributed by atoms with Gasteiger partial charge in [-0.2, -0.15) is 0 Å². The topological polar surface area (TPSA) is 0 Å². The summed E-state index contributed by atoms with van der Waals surface area (Å²) >= 11 is 4.96. The van der Waals surface area contributed by atoms with Gasteiger partial charge in [0.1, 0.15) is 0 Å². The first-order valence-corrected chi connectivity index (χ1v) is 7.70. The molecule has 2 aliphatic heterocycles. The van der Waals surface area contributed by atoms with E-state index >= 15 is 0 Å². The van der Waals surface area contributed by atoms with Gasteiger partial charge in [-0.05, 0) is 0 Å². The molecule has 0 N–H and O–H groups in total. The second-order valence-corrected chi connectivity index (χ2v) is 7.34. The fourth-order valence-corrected chi connectivity index (χ4v) is 5.60. The molecule has 0 aliphatic carbocycles. The Morgan fingerprint density at radius 2 is 2.00 bits per heavy atom. The van der Waals surface area contributed by atoms with Crippen LogP contribution in [0.3, 0.4) is 0 Å². The summed E-state index contributed by atoms with van der Waals surface area (Å²) in [6.45, 7) is 0. The van der Waals surface area contributed by atoms with Crippen LogP contribution in [0.5, 0.6) is 0 Å². The third-order valence-corrected chi connectivity index (χ3v) is 6.39. The van der Waals surface area contributed by atoms with Crippen molar-refractivity contribution in [2.75, 3.05) is 11.5 Å². The Hall–Kier alpha value is 0.699. The van der Waals surface area contributed by atoms with Gasteiger partial charge in [-0.15, -0.1) is 0 Å². The van der Waals surface area contributed by atoms with E-state index in [0.29, 0.717) is 0 Å². The number of hydrogen-bond donors (Lipinski definition) is 0. The van der Waals surface area contributed by atoms with Crippen LogP contribution in [0.1, 0.15) is 20.5 Å². The van der Waals surface area contributed by atoms with E-state index in [-0.39, 0.29) is 0 Å². The van der Waals surface area contributed by atoms with Crippen molar-refractivity contribution in [3.05, 3.63) is 21.0 Å². The van der Waals surface area contributed by atoms with Crippen LogP contribution in [0.2, 0.25) is 0 Å². The van der Waals surface area contributed by atoms with E-state index in [4.69, 9.17) is 0 Å². The van der Waals surface area contributed by atoms with Gasteiger partial charge in [0.25, 0.3) is 0 Å². The van der Waals surface area contributed by atoms with Crippen LogP contribution >= 0.6 is 23.5 Å². The van der Waals surface area contributed by atoms with Gasteiger partial charge < -0.3 is 0 Å². The SMILES string of the molecule is c1cc(C2CS2)c(C2CS2)[se]1. The zero-order chi connectivity index (χ0) is 7.26. The Morgan fingerprint density at radius 3 is 2.64 bits per heavy atom. The molecule has 3 rings (SSSR count). The van der Waals surface area contributed by atoms with Gasteiger partial charge in [-0.25, -0.2) is 0 Å². The van der Waals surface area contributed by atoms with Gasteiger partial charge >= 0.3 is 81.0 Å². The molecular formula is C8H8S2Se.